The molecule has 4 rings (SSSR count). The second-order valence-corrected chi connectivity index (χ2v) is 10.7. The molecule has 38 heavy (non-hydrogen) atoms. The van der Waals surface area contributed by atoms with Crippen LogP contribution in [0.4, 0.5) is 0 Å². The Labute approximate surface area is 230 Å². The van der Waals surface area contributed by atoms with Gasteiger partial charge in [-0.3, -0.25) is 4.99 Å². The van der Waals surface area contributed by atoms with E-state index >= 15 is 0 Å². The molecule has 3 unspecified atom stereocenters. The third kappa shape index (κ3) is 7.81. The lowest BCUT2D eigenvalue weighted by Gasteiger charge is -2.37. The lowest BCUT2D eigenvalue weighted by atomic mass is 9.88. The largest absolute Gasteiger partial charge is 0.489 e. The van der Waals surface area contributed by atoms with Gasteiger partial charge in [0.15, 0.2) is 0 Å². The summed E-state index contributed by atoms with van der Waals surface area (Å²) in [4.78, 5) is 10.2. The van der Waals surface area contributed by atoms with Crippen molar-refractivity contribution in [2.24, 2.45) is 10.7 Å². The van der Waals surface area contributed by atoms with E-state index in [9.17, 15) is 0 Å². The molecule has 1 fully saturated rings. The molecule has 0 spiro atoms. The van der Waals surface area contributed by atoms with Gasteiger partial charge in [0.2, 0.25) is 0 Å². The lowest BCUT2D eigenvalue weighted by molar-refractivity contribution is 0.00397. The number of rotatable bonds is 15. The summed E-state index contributed by atoms with van der Waals surface area (Å²) < 4.78 is 12.3. The van der Waals surface area contributed by atoms with Crippen LogP contribution in [0.15, 0.2) is 59.6 Å². The highest BCUT2D eigenvalue weighted by atomic mass is 16.5. The van der Waals surface area contributed by atoms with Crippen molar-refractivity contribution in [1.82, 2.24) is 9.80 Å². The molecule has 2 aromatic rings. The predicted molar refractivity (Wildman–Crippen MR) is 157 cm³/mol. The molecule has 2 aromatic carbocycles. The number of benzene rings is 2. The van der Waals surface area contributed by atoms with E-state index in [2.05, 4.69) is 54.8 Å². The van der Waals surface area contributed by atoms with Gasteiger partial charge >= 0.3 is 0 Å². The zero-order valence-electron chi connectivity index (χ0n) is 23.7. The summed E-state index contributed by atoms with van der Waals surface area (Å²) >= 11 is 0. The Hall–Kier alpha value is -2.41. The molecular weight excluding hydrogens is 472 g/mol. The SMILES string of the molecule is CCCN1C([C@H](N)Cc2ccc(OCc3ccccc3)cc2)=NC2CCC(OCCCN(CC)CC)CC21. The number of aliphatic imine (C=N–C) groups is 1. The molecule has 6 heteroatoms. The van der Waals surface area contributed by atoms with E-state index in [0.717, 1.165) is 82.9 Å². The lowest BCUT2D eigenvalue weighted by Crippen LogP contribution is -2.50. The highest BCUT2D eigenvalue weighted by Gasteiger charge is 2.41. The minimum Gasteiger partial charge on any atom is -0.489 e. The molecule has 1 aliphatic heterocycles. The highest BCUT2D eigenvalue weighted by molar-refractivity contribution is 5.89. The normalized spacial score (nSPS) is 21.9. The Kier molecular flexibility index (Phi) is 11.0. The predicted octanol–water partition coefficient (Wildman–Crippen LogP) is 5.30. The number of nitrogens with zero attached hydrogens (tertiary/aromatic N) is 3. The molecule has 4 atom stereocenters. The summed E-state index contributed by atoms with van der Waals surface area (Å²) in [6.45, 7) is 12.5. The average Bonchev–Trinajstić information content (AvgIpc) is 3.31. The van der Waals surface area contributed by atoms with E-state index < -0.39 is 0 Å². The highest BCUT2D eigenvalue weighted by Crippen LogP contribution is 2.33. The minimum atomic E-state index is -0.100. The summed E-state index contributed by atoms with van der Waals surface area (Å²) in [5, 5.41) is 0. The van der Waals surface area contributed by atoms with Gasteiger partial charge in [-0.2, -0.15) is 0 Å². The summed E-state index contributed by atoms with van der Waals surface area (Å²) in [6.07, 6.45) is 6.57. The van der Waals surface area contributed by atoms with Gasteiger partial charge in [0.1, 0.15) is 18.2 Å². The number of hydrogen-bond donors (Lipinski definition) is 1. The first kappa shape index (κ1) is 28.6. The molecule has 0 aromatic heterocycles. The fourth-order valence-electron chi connectivity index (χ4n) is 5.86. The molecule has 0 amide bonds. The van der Waals surface area contributed by atoms with Gasteiger partial charge in [0.25, 0.3) is 0 Å². The van der Waals surface area contributed by atoms with E-state index in [0.29, 0.717) is 24.8 Å². The number of amidine groups is 1. The smallest absolute Gasteiger partial charge is 0.119 e. The number of fused-ring (bicyclic) bond motifs is 1. The molecule has 0 saturated heterocycles. The van der Waals surface area contributed by atoms with Gasteiger partial charge in [-0.1, -0.05) is 63.2 Å². The molecule has 1 saturated carbocycles. The number of hydrogen-bond acceptors (Lipinski definition) is 6. The molecule has 0 bridgehead atoms. The quantitative estimate of drug-likeness (QED) is 0.323. The average molecular weight is 521 g/mol. The van der Waals surface area contributed by atoms with Crippen LogP contribution in [0.1, 0.15) is 64.0 Å². The van der Waals surface area contributed by atoms with Crippen molar-refractivity contribution in [2.45, 2.75) is 90.1 Å². The summed E-state index contributed by atoms with van der Waals surface area (Å²) in [5.41, 5.74) is 9.19. The third-order valence-corrected chi connectivity index (χ3v) is 8.02. The topological polar surface area (TPSA) is 63.3 Å². The minimum absolute atomic E-state index is 0.100. The van der Waals surface area contributed by atoms with Crippen LogP contribution in [0.2, 0.25) is 0 Å². The fourth-order valence-corrected chi connectivity index (χ4v) is 5.86. The summed E-state index contributed by atoms with van der Waals surface area (Å²) in [5.74, 6) is 1.97. The zero-order valence-corrected chi connectivity index (χ0v) is 23.7. The van der Waals surface area contributed by atoms with Crippen LogP contribution < -0.4 is 10.5 Å². The summed E-state index contributed by atoms with van der Waals surface area (Å²) in [7, 11) is 0. The van der Waals surface area contributed by atoms with Gasteiger partial charge < -0.3 is 25.0 Å². The van der Waals surface area contributed by atoms with E-state index in [-0.39, 0.29) is 6.04 Å². The second-order valence-electron chi connectivity index (χ2n) is 10.7. The van der Waals surface area contributed by atoms with Gasteiger partial charge in [-0.05, 0) is 74.9 Å². The maximum Gasteiger partial charge on any atom is 0.119 e. The van der Waals surface area contributed by atoms with E-state index in [1.807, 2.05) is 30.3 Å². The Morgan fingerprint density at radius 1 is 1.00 bits per heavy atom. The molecule has 208 valence electrons. The molecule has 2 aliphatic rings. The number of nitrogens with two attached hydrogens (primary N) is 1. The van der Waals surface area contributed by atoms with Crippen molar-refractivity contribution in [3.05, 3.63) is 65.7 Å². The Bertz CT molecular complexity index is 977. The van der Waals surface area contributed by atoms with Crippen molar-refractivity contribution in [1.29, 1.82) is 0 Å². The monoisotopic (exact) mass is 520 g/mol. The van der Waals surface area contributed by atoms with Crippen LogP contribution >= 0.6 is 0 Å². The van der Waals surface area contributed by atoms with E-state index in [4.69, 9.17) is 20.2 Å². The first-order valence-electron chi connectivity index (χ1n) is 14.8. The van der Waals surface area contributed by atoms with E-state index in [1.54, 1.807) is 0 Å². The van der Waals surface area contributed by atoms with Crippen LogP contribution in [0.5, 0.6) is 5.75 Å². The first-order valence-corrected chi connectivity index (χ1v) is 14.8. The zero-order chi connectivity index (χ0) is 26.7. The van der Waals surface area contributed by atoms with Crippen molar-refractivity contribution in [2.75, 3.05) is 32.8 Å². The Morgan fingerprint density at radius 3 is 2.47 bits per heavy atom. The molecular formula is C32H48N4O2. The Morgan fingerprint density at radius 2 is 1.76 bits per heavy atom. The van der Waals surface area contributed by atoms with Gasteiger partial charge in [-0.25, -0.2) is 0 Å². The van der Waals surface area contributed by atoms with Gasteiger partial charge in [0, 0.05) is 19.7 Å². The van der Waals surface area contributed by atoms with Gasteiger partial charge in [0.05, 0.1) is 24.2 Å². The fraction of sp³-hybridized carbons (Fsp3) is 0.594. The standard InChI is InChI=1S/C32H48N4O2/c1-4-19-36-31-23-28(37-21-10-20-35(5-2)6-3)17-18-30(31)34-32(36)29(33)22-25-13-15-27(16-14-25)38-24-26-11-8-7-9-12-26/h7-9,11-16,28-31H,4-6,10,17-24,33H2,1-3H3/t28?,29-,30?,31?/m1/s1. The first-order chi connectivity index (χ1) is 18.6. The number of ether oxygens (including phenoxy) is 2. The second kappa shape index (κ2) is 14.7. The van der Waals surface area contributed by atoms with Crippen LogP contribution in [0.25, 0.3) is 0 Å². The molecule has 1 heterocycles. The third-order valence-electron chi connectivity index (χ3n) is 8.02. The van der Waals surface area contributed by atoms with Crippen molar-refractivity contribution in [3.8, 4) is 5.75 Å². The van der Waals surface area contributed by atoms with Crippen LogP contribution in [-0.2, 0) is 17.8 Å². The summed E-state index contributed by atoms with van der Waals surface area (Å²) in [6, 6.07) is 19.3. The molecule has 0 radical (unpaired) electrons. The molecule has 2 N–H and O–H groups in total. The molecule has 1 aliphatic carbocycles. The van der Waals surface area contributed by atoms with Crippen molar-refractivity contribution < 1.29 is 9.47 Å². The van der Waals surface area contributed by atoms with Crippen LogP contribution in [0, 0.1) is 0 Å². The van der Waals surface area contributed by atoms with Gasteiger partial charge in [-0.15, -0.1) is 0 Å². The Balaban J connectivity index is 1.28. The maximum absolute atomic E-state index is 6.81. The van der Waals surface area contributed by atoms with Crippen LogP contribution in [0.3, 0.4) is 0 Å². The van der Waals surface area contributed by atoms with Crippen molar-refractivity contribution >= 4 is 5.84 Å². The van der Waals surface area contributed by atoms with Crippen molar-refractivity contribution in [3.63, 3.8) is 0 Å². The molecule has 6 nitrogen and oxygen atoms in total. The maximum atomic E-state index is 6.81. The van der Waals surface area contributed by atoms with Crippen LogP contribution in [-0.4, -0.2) is 72.7 Å². The van der Waals surface area contributed by atoms with E-state index in [1.165, 1.54) is 11.1 Å².